The Kier molecular flexibility index (Phi) is 4.53. The number of hydrogen-bond acceptors (Lipinski definition) is 5. The average molecular weight is 398 g/mol. The monoisotopic (exact) mass is 397 g/mol. The van der Waals surface area contributed by atoms with Crippen LogP contribution in [0.15, 0.2) is 41.1 Å². The fourth-order valence-corrected chi connectivity index (χ4v) is 3.81. The van der Waals surface area contributed by atoms with Crippen LogP contribution >= 0.6 is 15.9 Å². The third kappa shape index (κ3) is 3.58. The minimum absolute atomic E-state index is 0.308. The van der Waals surface area contributed by atoms with Gasteiger partial charge >= 0.3 is 0 Å². The van der Waals surface area contributed by atoms with Gasteiger partial charge in [0, 0.05) is 33.9 Å². The van der Waals surface area contributed by atoms with E-state index in [1.165, 1.54) is 32.1 Å². The molecule has 3 aromatic rings. The number of nitrogens with one attached hydrogen (secondary N) is 1. The number of hydrogen-bond donors (Lipinski definition) is 2. The van der Waals surface area contributed by atoms with Gasteiger partial charge in [0.25, 0.3) is 0 Å². The van der Waals surface area contributed by atoms with Crippen LogP contribution in [0.2, 0.25) is 0 Å². The predicted octanol–water partition coefficient (Wildman–Crippen LogP) is 4.78. The molecule has 0 amide bonds. The first-order valence-electron chi connectivity index (χ1n) is 8.64. The molecule has 2 heterocycles. The second kappa shape index (κ2) is 6.96. The molecule has 25 heavy (non-hydrogen) atoms. The first kappa shape index (κ1) is 16.3. The van der Waals surface area contributed by atoms with Crippen molar-refractivity contribution in [3.63, 3.8) is 0 Å². The molecule has 0 aliphatic heterocycles. The largest absolute Gasteiger partial charge is 0.368 e. The van der Waals surface area contributed by atoms with Gasteiger partial charge in [-0.3, -0.25) is 4.98 Å². The summed E-state index contributed by atoms with van der Waals surface area (Å²) in [6.45, 7) is 0. The molecule has 6 heteroatoms. The maximum Gasteiger partial charge on any atom is 0.222 e. The van der Waals surface area contributed by atoms with Crippen molar-refractivity contribution in [3.05, 3.63) is 41.1 Å². The summed E-state index contributed by atoms with van der Waals surface area (Å²) in [4.78, 5) is 13.1. The molecule has 128 valence electrons. The van der Waals surface area contributed by atoms with Crippen molar-refractivity contribution in [3.8, 4) is 11.1 Å². The lowest BCUT2D eigenvalue weighted by Gasteiger charge is -2.24. The first-order valence-corrected chi connectivity index (χ1v) is 9.43. The Morgan fingerprint density at radius 1 is 1.00 bits per heavy atom. The molecule has 0 atom stereocenters. The number of nitrogens with zero attached hydrogens (tertiary/aromatic N) is 3. The van der Waals surface area contributed by atoms with Gasteiger partial charge in [-0.1, -0.05) is 25.3 Å². The van der Waals surface area contributed by atoms with Crippen molar-refractivity contribution >= 4 is 38.6 Å². The minimum Gasteiger partial charge on any atom is -0.368 e. The van der Waals surface area contributed by atoms with Gasteiger partial charge in [-0.15, -0.1) is 0 Å². The van der Waals surface area contributed by atoms with Gasteiger partial charge < -0.3 is 11.1 Å². The lowest BCUT2D eigenvalue weighted by atomic mass is 9.95. The number of aromatic nitrogens is 3. The number of nitrogens with two attached hydrogens (primary N) is 1. The Hall–Kier alpha value is -2.21. The van der Waals surface area contributed by atoms with Gasteiger partial charge in [-0.05, 0) is 52.5 Å². The Morgan fingerprint density at radius 3 is 2.64 bits per heavy atom. The molecule has 0 spiro atoms. The van der Waals surface area contributed by atoms with Gasteiger partial charge in [0.1, 0.15) is 5.82 Å². The second-order valence-corrected chi connectivity index (χ2v) is 7.45. The van der Waals surface area contributed by atoms with E-state index in [1.807, 2.05) is 18.3 Å². The van der Waals surface area contributed by atoms with Crippen LogP contribution < -0.4 is 11.1 Å². The van der Waals surface area contributed by atoms with E-state index in [9.17, 15) is 0 Å². The van der Waals surface area contributed by atoms with E-state index in [1.54, 1.807) is 6.20 Å². The summed E-state index contributed by atoms with van der Waals surface area (Å²) in [6.07, 6.45) is 9.87. The van der Waals surface area contributed by atoms with Crippen molar-refractivity contribution in [2.24, 2.45) is 0 Å². The van der Waals surface area contributed by atoms with Crippen molar-refractivity contribution in [2.45, 2.75) is 38.1 Å². The predicted molar refractivity (Wildman–Crippen MR) is 105 cm³/mol. The maximum atomic E-state index is 5.92. The topological polar surface area (TPSA) is 76.7 Å². The molecule has 0 unspecified atom stereocenters. The number of halogens is 1. The van der Waals surface area contributed by atoms with Gasteiger partial charge in [0.05, 0.1) is 5.52 Å². The molecule has 0 radical (unpaired) electrons. The van der Waals surface area contributed by atoms with E-state index in [2.05, 4.69) is 48.3 Å². The smallest absolute Gasteiger partial charge is 0.222 e. The summed E-state index contributed by atoms with van der Waals surface area (Å²) in [7, 11) is 0. The highest BCUT2D eigenvalue weighted by Crippen LogP contribution is 2.30. The quantitative estimate of drug-likeness (QED) is 0.664. The highest BCUT2D eigenvalue weighted by atomic mass is 79.9. The fourth-order valence-electron chi connectivity index (χ4n) is 3.45. The molecule has 1 saturated carbocycles. The lowest BCUT2D eigenvalue weighted by molar-refractivity contribution is 0.462. The zero-order chi connectivity index (χ0) is 17.2. The van der Waals surface area contributed by atoms with Crippen LogP contribution in [-0.4, -0.2) is 21.0 Å². The summed E-state index contributed by atoms with van der Waals surface area (Å²) in [6, 6.07) is 8.67. The van der Waals surface area contributed by atoms with E-state index in [0.29, 0.717) is 12.0 Å². The molecule has 0 bridgehead atoms. The molecule has 0 saturated heterocycles. The summed E-state index contributed by atoms with van der Waals surface area (Å²) in [5, 5.41) is 4.60. The molecular formula is C19H20BrN5. The lowest BCUT2D eigenvalue weighted by Crippen LogP contribution is -2.23. The van der Waals surface area contributed by atoms with Crippen molar-refractivity contribution in [1.82, 2.24) is 15.0 Å². The Labute approximate surface area is 155 Å². The zero-order valence-corrected chi connectivity index (χ0v) is 15.5. The Balaban J connectivity index is 1.76. The molecule has 1 aliphatic rings. The normalized spacial score (nSPS) is 15.4. The number of anilines is 2. The molecule has 1 aromatic carbocycles. The molecule has 1 fully saturated rings. The molecule has 2 aromatic heterocycles. The summed E-state index contributed by atoms with van der Waals surface area (Å²) in [5.74, 6) is 1.14. The zero-order valence-electron chi connectivity index (χ0n) is 13.9. The van der Waals surface area contributed by atoms with Crippen molar-refractivity contribution in [2.75, 3.05) is 11.1 Å². The highest BCUT2D eigenvalue weighted by molar-refractivity contribution is 9.10. The molecular weight excluding hydrogens is 378 g/mol. The van der Waals surface area contributed by atoms with E-state index in [-0.39, 0.29) is 0 Å². The van der Waals surface area contributed by atoms with Gasteiger partial charge in [0.15, 0.2) is 0 Å². The number of benzene rings is 1. The summed E-state index contributed by atoms with van der Waals surface area (Å²) < 4.78 is 0.958. The molecule has 1 aliphatic carbocycles. The standard InChI is InChI=1S/C19H20BrN5/c20-14-8-13(10-22-11-14)12-6-7-17-16(9-12)18(25-19(21)24-17)23-15-4-2-1-3-5-15/h6-11,15H,1-5H2,(H3,21,23,24,25). The number of rotatable bonds is 3. The molecule has 5 nitrogen and oxygen atoms in total. The van der Waals surface area contributed by atoms with Crippen molar-refractivity contribution in [1.29, 1.82) is 0 Å². The van der Waals surface area contributed by atoms with Crippen LogP contribution in [0.3, 0.4) is 0 Å². The highest BCUT2D eigenvalue weighted by Gasteiger charge is 2.16. The first-order chi connectivity index (χ1) is 12.2. The minimum atomic E-state index is 0.308. The third-order valence-corrected chi connectivity index (χ3v) is 5.13. The molecule has 3 N–H and O–H groups in total. The van der Waals surface area contributed by atoms with E-state index in [4.69, 9.17) is 5.73 Å². The van der Waals surface area contributed by atoms with Gasteiger partial charge in [0.2, 0.25) is 5.95 Å². The SMILES string of the molecule is Nc1nc(NC2CCCCC2)c2cc(-c3cncc(Br)c3)ccc2n1. The Morgan fingerprint density at radius 2 is 1.84 bits per heavy atom. The molecule has 4 rings (SSSR count). The van der Waals surface area contributed by atoms with Crippen LogP contribution in [0, 0.1) is 0 Å². The maximum absolute atomic E-state index is 5.92. The van der Waals surface area contributed by atoms with Crippen LogP contribution in [0.1, 0.15) is 32.1 Å². The second-order valence-electron chi connectivity index (χ2n) is 6.53. The van der Waals surface area contributed by atoms with Crippen LogP contribution in [0.25, 0.3) is 22.0 Å². The van der Waals surface area contributed by atoms with E-state index in [0.717, 1.165) is 32.3 Å². The fraction of sp³-hybridized carbons (Fsp3) is 0.316. The van der Waals surface area contributed by atoms with Crippen LogP contribution in [0.5, 0.6) is 0 Å². The average Bonchev–Trinajstić information content (AvgIpc) is 2.62. The van der Waals surface area contributed by atoms with E-state index < -0.39 is 0 Å². The third-order valence-electron chi connectivity index (χ3n) is 4.70. The van der Waals surface area contributed by atoms with Gasteiger partial charge in [-0.25, -0.2) is 4.98 Å². The van der Waals surface area contributed by atoms with Crippen molar-refractivity contribution < 1.29 is 0 Å². The summed E-state index contributed by atoms with van der Waals surface area (Å²) in [5.41, 5.74) is 8.92. The number of pyridine rings is 1. The van der Waals surface area contributed by atoms with Gasteiger partial charge in [-0.2, -0.15) is 4.98 Å². The van der Waals surface area contributed by atoms with Crippen LogP contribution in [-0.2, 0) is 0 Å². The summed E-state index contributed by atoms with van der Waals surface area (Å²) >= 11 is 3.48. The van der Waals surface area contributed by atoms with E-state index >= 15 is 0 Å². The van der Waals surface area contributed by atoms with Crippen LogP contribution in [0.4, 0.5) is 11.8 Å². The number of nitrogen functional groups attached to an aromatic ring is 1. The Bertz CT molecular complexity index is 905. The number of fused-ring (bicyclic) bond motifs is 1.